The minimum Gasteiger partial charge on any atom is -0.496 e. The number of rotatable bonds is 6. The minimum absolute atomic E-state index is 0.0500. The van der Waals surface area contributed by atoms with Crippen molar-refractivity contribution in [1.82, 2.24) is 4.90 Å². The summed E-state index contributed by atoms with van der Waals surface area (Å²) in [7, 11) is 1.42. The van der Waals surface area contributed by atoms with E-state index in [9.17, 15) is 14.9 Å². The number of hydrogen-bond donors (Lipinski definition) is 0. The number of nitro groups is 1. The highest BCUT2D eigenvalue weighted by Crippen LogP contribution is 2.32. The molecule has 1 fully saturated rings. The van der Waals surface area contributed by atoms with Gasteiger partial charge in [0, 0.05) is 13.1 Å². The summed E-state index contributed by atoms with van der Waals surface area (Å²) in [5.74, 6) is -0.440. The number of hydrogen-bond acceptors (Lipinski definition) is 6. The molecule has 1 aliphatic heterocycles. The number of methoxy groups -OCH3 is 1. The summed E-state index contributed by atoms with van der Waals surface area (Å²) in [6, 6.07) is 14.3. The lowest BCUT2D eigenvalue weighted by Crippen LogP contribution is -2.39. The van der Waals surface area contributed by atoms with E-state index >= 15 is 0 Å². The van der Waals surface area contributed by atoms with Crippen LogP contribution in [0.3, 0.4) is 0 Å². The molecule has 7 nitrogen and oxygen atoms in total. The standard InChI is InChI=1S/C20H22N2O5/c1-26-17-9-10-19(18(12-17)22(24)25)27-20(23)16-8-5-11-21(14-16)13-15-6-3-2-4-7-15/h2-4,6-7,9-10,12,16H,5,8,11,13-14H2,1H3. The molecule has 27 heavy (non-hydrogen) atoms. The highest BCUT2D eigenvalue weighted by Gasteiger charge is 2.29. The number of nitro benzene ring substituents is 1. The minimum atomic E-state index is -0.576. The van der Waals surface area contributed by atoms with Crippen molar-refractivity contribution in [2.75, 3.05) is 20.2 Å². The van der Waals surface area contributed by atoms with E-state index < -0.39 is 10.9 Å². The Labute approximate surface area is 157 Å². The van der Waals surface area contributed by atoms with Gasteiger partial charge in [-0.3, -0.25) is 19.8 Å². The van der Waals surface area contributed by atoms with Crippen LogP contribution in [0.15, 0.2) is 48.5 Å². The number of carbonyl (C=O) groups is 1. The van der Waals surface area contributed by atoms with Crippen molar-refractivity contribution >= 4 is 11.7 Å². The van der Waals surface area contributed by atoms with Crippen molar-refractivity contribution in [2.24, 2.45) is 5.92 Å². The Bertz CT molecular complexity index is 809. The zero-order valence-corrected chi connectivity index (χ0v) is 15.2. The molecule has 0 saturated carbocycles. The molecule has 0 radical (unpaired) electrons. The molecule has 0 spiro atoms. The van der Waals surface area contributed by atoms with Crippen molar-refractivity contribution in [3.8, 4) is 11.5 Å². The Morgan fingerprint density at radius 3 is 2.74 bits per heavy atom. The average Bonchev–Trinajstić information content (AvgIpc) is 2.69. The summed E-state index contributed by atoms with van der Waals surface area (Å²) in [6.45, 7) is 2.27. The summed E-state index contributed by atoms with van der Waals surface area (Å²) < 4.78 is 10.4. The number of carbonyl (C=O) groups excluding carboxylic acids is 1. The Balaban J connectivity index is 1.66. The van der Waals surface area contributed by atoms with E-state index in [2.05, 4.69) is 17.0 Å². The van der Waals surface area contributed by atoms with Gasteiger partial charge in [-0.05, 0) is 37.1 Å². The molecule has 0 aromatic heterocycles. The van der Waals surface area contributed by atoms with Gasteiger partial charge in [-0.2, -0.15) is 0 Å². The molecular formula is C20H22N2O5. The zero-order valence-electron chi connectivity index (χ0n) is 15.2. The van der Waals surface area contributed by atoms with Crippen LogP contribution < -0.4 is 9.47 Å². The van der Waals surface area contributed by atoms with Crippen LogP contribution in [0, 0.1) is 16.0 Å². The molecule has 1 saturated heterocycles. The first-order valence-electron chi connectivity index (χ1n) is 8.87. The quantitative estimate of drug-likeness (QED) is 0.335. The maximum absolute atomic E-state index is 12.6. The molecule has 142 valence electrons. The third kappa shape index (κ3) is 4.83. The molecular weight excluding hydrogens is 348 g/mol. The van der Waals surface area contributed by atoms with Gasteiger partial charge in [0.25, 0.3) is 0 Å². The monoisotopic (exact) mass is 370 g/mol. The van der Waals surface area contributed by atoms with Crippen molar-refractivity contribution in [1.29, 1.82) is 0 Å². The van der Waals surface area contributed by atoms with Crippen LogP contribution in [0.1, 0.15) is 18.4 Å². The molecule has 7 heteroatoms. The fourth-order valence-corrected chi connectivity index (χ4v) is 3.28. The predicted octanol–water partition coefficient (Wildman–Crippen LogP) is 3.42. The van der Waals surface area contributed by atoms with Gasteiger partial charge in [-0.1, -0.05) is 30.3 Å². The first-order valence-corrected chi connectivity index (χ1v) is 8.87. The van der Waals surface area contributed by atoms with E-state index in [-0.39, 0.29) is 17.4 Å². The SMILES string of the molecule is COc1ccc(OC(=O)C2CCCN(Cc3ccccc3)C2)c([N+](=O)[O-])c1. The zero-order chi connectivity index (χ0) is 19.2. The molecule has 1 heterocycles. The summed E-state index contributed by atoms with van der Waals surface area (Å²) >= 11 is 0. The van der Waals surface area contributed by atoms with Gasteiger partial charge in [-0.25, -0.2) is 0 Å². The van der Waals surface area contributed by atoms with E-state index in [1.165, 1.54) is 30.9 Å². The Morgan fingerprint density at radius 1 is 1.26 bits per heavy atom. The molecule has 0 aliphatic carbocycles. The lowest BCUT2D eigenvalue weighted by Gasteiger charge is -2.31. The van der Waals surface area contributed by atoms with Gasteiger partial charge in [0.05, 0.1) is 24.0 Å². The highest BCUT2D eigenvalue weighted by atomic mass is 16.6. The lowest BCUT2D eigenvalue weighted by molar-refractivity contribution is -0.385. The number of piperidine rings is 1. The first-order chi connectivity index (χ1) is 13.1. The summed E-state index contributed by atoms with van der Waals surface area (Å²) in [5, 5.41) is 11.3. The number of benzene rings is 2. The van der Waals surface area contributed by atoms with Crippen LogP contribution in [0.2, 0.25) is 0 Å². The van der Waals surface area contributed by atoms with E-state index in [0.29, 0.717) is 18.7 Å². The van der Waals surface area contributed by atoms with Crippen LogP contribution in [-0.2, 0) is 11.3 Å². The summed E-state index contributed by atoms with van der Waals surface area (Å²) in [5.41, 5.74) is 0.914. The fourth-order valence-electron chi connectivity index (χ4n) is 3.28. The van der Waals surface area contributed by atoms with Gasteiger partial charge in [0.15, 0.2) is 0 Å². The maximum Gasteiger partial charge on any atom is 0.315 e. The predicted molar refractivity (Wildman–Crippen MR) is 99.7 cm³/mol. The second-order valence-corrected chi connectivity index (χ2v) is 6.57. The van der Waals surface area contributed by atoms with Crippen molar-refractivity contribution in [3.63, 3.8) is 0 Å². The maximum atomic E-state index is 12.6. The fraction of sp³-hybridized carbons (Fsp3) is 0.350. The summed E-state index contributed by atoms with van der Waals surface area (Å²) in [6.07, 6.45) is 1.60. The topological polar surface area (TPSA) is 81.9 Å². The van der Waals surface area contributed by atoms with Gasteiger partial charge >= 0.3 is 11.7 Å². The molecule has 3 rings (SSSR count). The molecule has 1 aliphatic rings. The Kier molecular flexibility index (Phi) is 6.03. The van der Waals surface area contributed by atoms with Crippen molar-refractivity contribution in [3.05, 3.63) is 64.2 Å². The molecule has 0 bridgehead atoms. The second-order valence-electron chi connectivity index (χ2n) is 6.57. The average molecular weight is 370 g/mol. The van der Waals surface area contributed by atoms with E-state index in [1.807, 2.05) is 18.2 Å². The van der Waals surface area contributed by atoms with Gasteiger partial charge in [-0.15, -0.1) is 0 Å². The van der Waals surface area contributed by atoms with Crippen LogP contribution in [0.25, 0.3) is 0 Å². The highest BCUT2D eigenvalue weighted by molar-refractivity contribution is 5.77. The summed E-state index contributed by atoms with van der Waals surface area (Å²) in [4.78, 5) is 25.5. The van der Waals surface area contributed by atoms with Crippen LogP contribution in [0.4, 0.5) is 5.69 Å². The molecule has 2 aromatic carbocycles. The molecule has 0 amide bonds. The lowest BCUT2D eigenvalue weighted by atomic mass is 9.97. The molecule has 2 aromatic rings. The smallest absolute Gasteiger partial charge is 0.315 e. The third-order valence-electron chi connectivity index (χ3n) is 4.66. The van der Waals surface area contributed by atoms with Crippen molar-refractivity contribution < 1.29 is 19.2 Å². The normalized spacial score (nSPS) is 17.3. The number of nitrogens with zero attached hydrogens (tertiary/aromatic N) is 2. The molecule has 0 N–H and O–H groups in total. The van der Waals surface area contributed by atoms with E-state index in [4.69, 9.17) is 9.47 Å². The van der Waals surface area contributed by atoms with E-state index in [0.717, 1.165) is 19.5 Å². The van der Waals surface area contributed by atoms with E-state index in [1.54, 1.807) is 0 Å². The number of likely N-dealkylation sites (tertiary alicyclic amines) is 1. The second kappa shape index (κ2) is 8.64. The van der Waals surface area contributed by atoms with Crippen molar-refractivity contribution in [2.45, 2.75) is 19.4 Å². The third-order valence-corrected chi connectivity index (χ3v) is 4.66. The Morgan fingerprint density at radius 2 is 2.04 bits per heavy atom. The van der Waals surface area contributed by atoms with Crippen LogP contribution in [0.5, 0.6) is 11.5 Å². The molecule has 1 atom stereocenters. The van der Waals surface area contributed by atoms with Gasteiger partial charge in [0.1, 0.15) is 5.75 Å². The van der Waals surface area contributed by atoms with Crippen LogP contribution in [-0.4, -0.2) is 36.0 Å². The number of esters is 1. The first kappa shape index (κ1) is 18.8. The van der Waals surface area contributed by atoms with Gasteiger partial charge < -0.3 is 9.47 Å². The number of ether oxygens (including phenoxy) is 2. The van der Waals surface area contributed by atoms with Gasteiger partial charge in [0.2, 0.25) is 5.75 Å². The molecule has 1 unspecified atom stereocenters. The van der Waals surface area contributed by atoms with Crippen LogP contribution >= 0.6 is 0 Å². The Hall–Kier alpha value is -2.93. The largest absolute Gasteiger partial charge is 0.496 e.